The molecule has 1 N–H and O–H groups in total. The summed E-state index contributed by atoms with van der Waals surface area (Å²) in [6, 6.07) is 9.83. The molecule has 0 atom stereocenters. The first-order chi connectivity index (χ1) is 10.7. The second kappa shape index (κ2) is 10.4. The highest BCUT2D eigenvalue weighted by Gasteiger charge is 2.06. The highest BCUT2D eigenvalue weighted by Crippen LogP contribution is 2.11. The summed E-state index contributed by atoms with van der Waals surface area (Å²) in [5, 5.41) is 4.42. The monoisotopic (exact) mass is 446 g/mol. The molecule has 1 heterocycles. The van der Waals surface area contributed by atoms with Gasteiger partial charge in [-0.2, -0.15) is 0 Å². The second-order valence-corrected chi connectivity index (χ2v) is 6.15. The van der Waals surface area contributed by atoms with Gasteiger partial charge in [-0.15, -0.1) is 35.3 Å². The third kappa shape index (κ3) is 6.74. The number of nitrogens with one attached hydrogen (secondary N) is 1. The lowest BCUT2D eigenvalue weighted by atomic mass is 10.3. The Balaban J connectivity index is 0.00000264. The zero-order chi connectivity index (χ0) is 15.8. The van der Waals surface area contributed by atoms with E-state index < -0.39 is 0 Å². The number of aryl methyl sites for hydroxylation is 1. The molecule has 0 saturated heterocycles. The number of aromatic nitrogens is 1. The number of para-hydroxylation sites is 1. The van der Waals surface area contributed by atoms with Crippen LogP contribution < -0.4 is 10.1 Å². The molecule has 2 rings (SSSR count). The van der Waals surface area contributed by atoms with Gasteiger partial charge in [-0.25, -0.2) is 4.98 Å². The van der Waals surface area contributed by atoms with Gasteiger partial charge in [0.25, 0.3) is 0 Å². The van der Waals surface area contributed by atoms with Gasteiger partial charge in [0.1, 0.15) is 12.4 Å². The molecular weight excluding hydrogens is 423 g/mol. The van der Waals surface area contributed by atoms with Crippen LogP contribution in [0.25, 0.3) is 0 Å². The van der Waals surface area contributed by atoms with E-state index in [2.05, 4.69) is 20.2 Å². The number of aliphatic imine (C=N–C) groups is 1. The van der Waals surface area contributed by atoms with E-state index in [1.165, 1.54) is 4.88 Å². The zero-order valence-electron chi connectivity index (χ0n) is 13.7. The molecule has 7 heteroatoms. The van der Waals surface area contributed by atoms with Crippen molar-refractivity contribution in [3.8, 4) is 5.75 Å². The molecule has 126 valence electrons. The number of ether oxygens (including phenoxy) is 1. The maximum atomic E-state index is 5.71. The van der Waals surface area contributed by atoms with E-state index in [9.17, 15) is 0 Å². The average molecular weight is 446 g/mol. The van der Waals surface area contributed by atoms with Crippen molar-refractivity contribution in [3.05, 3.63) is 46.4 Å². The van der Waals surface area contributed by atoms with Crippen molar-refractivity contribution in [1.82, 2.24) is 15.2 Å². The minimum Gasteiger partial charge on any atom is -0.492 e. The number of guanidine groups is 1. The third-order valence-electron chi connectivity index (χ3n) is 3.10. The van der Waals surface area contributed by atoms with E-state index in [0.717, 1.165) is 29.8 Å². The van der Waals surface area contributed by atoms with Crippen molar-refractivity contribution in [2.75, 3.05) is 27.2 Å². The lowest BCUT2D eigenvalue weighted by molar-refractivity contribution is 0.281. The van der Waals surface area contributed by atoms with Gasteiger partial charge in [-0.3, -0.25) is 4.99 Å². The molecular formula is C16H23IN4OS. The van der Waals surface area contributed by atoms with E-state index in [1.807, 2.05) is 50.5 Å². The molecule has 23 heavy (non-hydrogen) atoms. The van der Waals surface area contributed by atoms with Gasteiger partial charge >= 0.3 is 0 Å². The largest absolute Gasteiger partial charge is 0.492 e. The van der Waals surface area contributed by atoms with Crippen molar-refractivity contribution in [2.45, 2.75) is 13.5 Å². The number of likely N-dealkylation sites (N-methyl/N-ethyl adjacent to an activating group) is 1. The lowest BCUT2D eigenvalue weighted by Gasteiger charge is -2.21. The van der Waals surface area contributed by atoms with Crippen LogP contribution in [0.3, 0.4) is 0 Å². The van der Waals surface area contributed by atoms with Crippen LogP contribution >= 0.6 is 35.3 Å². The zero-order valence-corrected chi connectivity index (χ0v) is 16.8. The Kier molecular flexibility index (Phi) is 8.93. The van der Waals surface area contributed by atoms with Gasteiger partial charge in [0.05, 0.1) is 18.1 Å². The van der Waals surface area contributed by atoms with Gasteiger partial charge in [0, 0.05) is 25.2 Å². The van der Waals surface area contributed by atoms with E-state index in [0.29, 0.717) is 6.61 Å². The van der Waals surface area contributed by atoms with Crippen molar-refractivity contribution in [1.29, 1.82) is 0 Å². The van der Waals surface area contributed by atoms with Crippen LogP contribution in [0.1, 0.15) is 9.88 Å². The molecule has 1 aromatic carbocycles. The smallest absolute Gasteiger partial charge is 0.193 e. The number of hydrogen-bond acceptors (Lipinski definition) is 4. The van der Waals surface area contributed by atoms with Crippen molar-refractivity contribution >= 4 is 41.3 Å². The summed E-state index contributed by atoms with van der Waals surface area (Å²) < 4.78 is 5.71. The summed E-state index contributed by atoms with van der Waals surface area (Å²) in [5.74, 6) is 1.74. The highest BCUT2D eigenvalue weighted by molar-refractivity contribution is 14.0. The highest BCUT2D eigenvalue weighted by atomic mass is 127. The Morgan fingerprint density at radius 2 is 2.09 bits per heavy atom. The molecule has 0 radical (unpaired) electrons. The quantitative estimate of drug-likeness (QED) is 0.421. The van der Waals surface area contributed by atoms with Crippen molar-refractivity contribution in [3.63, 3.8) is 0 Å². The van der Waals surface area contributed by atoms with Gasteiger partial charge in [-0.1, -0.05) is 18.2 Å². The lowest BCUT2D eigenvalue weighted by Crippen LogP contribution is -2.40. The molecule has 0 unspecified atom stereocenters. The normalized spacial score (nSPS) is 10.8. The third-order valence-corrected chi connectivity index (χ3v) is 4.01. The number of benzene rings is 1. The molecule has 1 aromatic heterocycles. The Bertz CT molecular complexity index is 603. The molecule has 0 saturated carbocycles. The van der Waals surface area contributed by atoms with Crippen LogP contribution in [-0.2, 0) is 6.54 Å². The number of halogens is 1. The molecule has 5 nitrogen and oxygen atoms in total. The van der Waals surface area contributed by atoms with Gasteiger partial charge < -0.3 is 15.0 Å². The fraction of sp³-hybridized carbons (Fsp3) is 0.375. The first-order valence-corrected chi connectivity index (χ1v) is 8.01. The summed E-state index contributed by atoms with van der Waals surface area (Å²) >= 11 is 1.70. The number of nitrogens with zero attached hydrogens (tertiary/aromatic N) is 3. The molecule has 0 aliphatic carbocycles. The average Bonchev–Trinajstić information content (AvgIpc) is 2.94. The first kappa shape index (κ1) is 19.7. The van der Waals surface area contributed by atoms with Crippen LogP contribution in [0.5, 0.6) is 5.75 Å². The molecule has 0 fully saturated rings. The maximum absolute atomic E-state index is 5.71. The second-order valence-electron chi connectivity index (χ2n) is 4.83. The first-order valence-electron chi connectivity index (χ1n) is 7.20. The van der Waals surface area contributed by atoms with E-state index >= 15 is 0 Å². The molecule has 0 bridgehead atoms. The fourth-order valence-electron chi connectivity index (χ4n) is 1.96. The summed E-state index contributed by atoms with van der Waals surface area (Å²) in [5.41, 5.74) is 0. The summed E-state index contributed by atoms with van der Waals surface area (Å²) in [6.45, 7) is 4.12. The Labute approximate surface area is 158 Å². The molecule has 0 spiro atoms. The number of hydrogen-bond donors (Lipinski definition) is 1. The molecule has 0 amide bonds. The predicted octanol–water partition coefficient (Wildman–Crippen LogP) is 3.16. The molecule has 2 aromatic rings. The van der Waals surface area contributed by atoms with Crippen LogP contribution in [0.4, 0.5) is 0 Å². The SMILES string of the molecule is CN=C(NCc1cnc(C)s1)N(C)CCOc1ccccc1.I. The molecule has 0 aliphatic heterocycles. The van der Waals surface area contributed by atoms with E-state index in [1.54, 1.807) is 18.4 Å². The summed E-state index contributed by atoms with van der Waals surface area (Å²) in [7, 11) is 3.79. The molecule has 0 aliphatic rings. The van der Waals surface area contributed by atoms with Crippen molar-refractivity contribution in [2.24, 2.45) is 4.99 Å². The fourth-order valence-corrected chi connectivity index (χ4v) is 2.70. The minimum absolute atomic E-state index is 0. The summed E-state index contributed by atoms with van der Waals surface area (Å²) in [6.07, 6.45) is 1.90. The minimum atomic E-state index is 0. The van der Waals surface area contributed by atoms with Crippen LogP contribution in [0.2, 0.25) is 0 Å². The van der Waals surface area contributed by atoms with E-state index in [4.69, 9.17) is 4.74 Å². The number of thiazole rings is 1. The standard InChI is InChI=1S/C16H22N4OS.HI/c1-13-18-11-15(22-13)12-19-16(17-2)20(3)9-10-21-14-7-5-4-6-8-14;/h4-8,11H,9-10,12H2,1-3H3,(H,17,19);1H. The number of rotatable bonds is 6. The maximum Gasteiger partial charge on any atom is 0.193 e. The van der Waals surface area contributed by atoms with Gasteiger partial charge in [0.2, 0.25) is 0 Å². The summed E-state index contributed by atoms with van der Waals surface area (Å²) in [4.78, 5) is 11.8. The van der Waals surface area contributed by atoms with Gasteiger partial charge in [-0.05, 0) is 19.1 Å². The van der Waals surface area contributed by atoms with Crippen molar-refractivity contribution < 1.29 is 4.74 Å². The van der Waals surface area contributed by atoms with Crippen LogP contribution in [0, 0.1) is 6.92 Å². The predicted molar refractivity (Wildman–Crippen MR) is 107 cm³/mol. The van der Waals surface area contributed by atoms with Crippen LogP contribution in [-0.4, -0.2) is 43.1 Å². The van der Waals surface area contributed by atoms with Gasteiger partial charge in [0.15, 0.2) is 5.96 Å². The Hall–Kier alpha value is -1.35. The van der Waals surface area contributed by atoms with Crippen LogP contribution in [0.15, 0.2) is 41.5 Å². The Morgan fingerprint density at radius 1 is 1.35 bits per heavy atom. The topological polar surface area (TPSA) is 49.8 Å². The van der Waals surface area contributed by atoms with E-state index in [-0.39, 0.29) is 24.0 Å². The Morgan fingerprint density at radius 3 is 2.70 bits per heavy atom.